The maximum atomic E-state index is 13.4. The molecule has 0 saturated carbocycles. The molecule has 0 aliphatic rings. The first kappa shape index (κ1) is 24.3. The molecule has 1 atom stereocenters. The Morgan fingerprint density at radius 2 is 1.31 bits per heavy atom. The van der Waals surface area contributed by atoms with Crippen molar-refractivity contribution in [1.29, 1.82) is 0 Å². The first-order valence-corrected chi connectivity index (χ1v) is 11.4. The van der Waals surface area contributed by atoms with E-state index in [1.54, 1.807) is 0 Å². The summed E-state index contributed by atoms with van der Waals surface area (Å²) in [5.74, 6) is -0.920. The number of rotatable bonds is 6. The van der Waals surface area contributed by atoms with Crippen molar-refractivity contribution in [2.24, 2.45) is 0 Å². The molecule has 3 rings (SSSR count). The molecule has 4 nitrogen and oxygen atoms in total. The molecule has 1 amide bonds. The van der Waals surface area contributed by atoms with E-state index < -0.39 is 15.9 Å². The van der Waals surface area contributed by atoms with Gasteiger partial charge in [-0.1, -0.05) is 114 Å². The Kier molecular flexibility index (Phi) is 8.38. The highest BCUT2D eigenvalue weighted by Crippen LogP contribution is 2.31. The number of halogens is 3. The minimum Gasteiger partial charge on any atom is -0.339 e. The summed E-state index contributed by atoms with van der Waals surface area (Å²) >= 11 is 24.0. The molecular weight excluding hydrogens is 485 g/mol. The van der Waals surface area contributed by atoms with Gasteiger partial charge in [-0.2, -0.15) is 0 Å². The molecule has 0 fully saturated rings. The van der Waals surface area contributed by atoms with Crippen molar-refractivity contribution in [3.63, 3.8) is 0 Å². The van der Waals surface area contributed by atoms with Crippen molar-refractivity contribution >= 4 is 63.7 Å². The Labute approximate surface area is 208 Å². The average molecular weight is 507 g/mol. The highest BCUT2D eigenvalue weighted by atomic mass is 35.6. The lowest BCUT2D eigenvalue weighted by Gasteiger charge is -2.30. The lowest BCUT2D eigenvalue weighted by Crippen LogP contribution is -2.57. The van der Waals surface area contributed by atoms with Crippen LogP contribution in [0.3, 0.4) is 0 Å². The van der Waals surface area contributed by atoms with Crippen LogP contribution in [0.2, 0.25) is 0 Å². The predicted octanol–water partition coefficient (Wildman–Crippen LogP) is 5.93. The fourth-order valence-electron chi connectivity index (χ4n) is 3.21. The number of carbonyl (C=O) groups excluding carboxylic acids is 1. The van der Waals surface area contributed by atoms with Crippen LogP contribution in [0.25, 0.3) is 0 Å². The Hall–Kier alpha value is -2.31. The summed E-state index contributed by atoms with van der Waals surface area (Å²) in [4.78, 5) is 13.4. The second-order valence-corrected chi connectivity index (χ2v) is 9.93. The Balaban J connectivity index is 1.81. The van der Waals surface area contributed by atoms with Crippen LogP contribution in [0.5, 0.6) is 0 Å². The van der Waals surface area contributed by atoms with Gasteiger partial charge >= 0.3 is 0 Å². The van der Waals surface area contributed by atoms with E-state index in [-0.39, 0.29) is 11.0 Å². The van der Waals surface area contributed by atoms with Crippen LogP contribution < -0.4 is 16.0 Å². The van der Waals surface area contributed by atoms with Gasteiger partial charge in [0.25, 0.3) is 0 Å². The summed E-state index contributed by atoms with van der Waals surface area (Å²) < 4.78 is -1.86. The number of thiocarbonyl (C=S) groups is 1. The van der Waals surface area contributed by atoms with Crippen LogP contribution in [0.15, 0.2) is 84.9 Å². The topological polar surface area (TPSA) is 53.2 Å². The smallest absolute Gasteiger partial charge is 0.233 e. The Morgan fingerprint density at radius 3 is 1.81 bits per heavy atom. The maximum Gasteiger partial charge on any atom is 0.233 e. The van der Waals surface area contributed by atoms with Crippen molar-refractivity contribution in [2.75, 3.05) is 5.32 Å². The third-order valence-corrected chi connectivity index (χ3v) is 5.69. The van der Waals surface area contributed by atoms with Gasteiger partial charge in [0, 0.05) is 5.69 Å². The number of carbonyl (C=O) groups is 1. The normalized spacial score (nSPS) is 12.2. The summed E-state index contributed by atoms with van der Waals surface area (Å²) in [6, 6.07) is 26.5. The number of hydrogen-bond acceptors (Lipinski definition) is 2. The number of para-hydroxylation sites is 1. The molecular formula is C24H22Cl3N3OS. The van der Waals surface area contributed by atoms with E-state index in [4.69, 9.17) is 47.0 Å². The molecule has 0 aliphatic heterocycles. The number of benzene rings is 3. The minimum absolute atomic E-state index is 0.215. The quantitative estimate of drug-likeness (QED) is 0.220. The fraction of sp³-hybridized carbons (Fsp3) is 0.167. The SMILES string of the molecule is Cc1ccccc1NC(=S)N[C@H](NC(=O)C(c1ccccc1)c1ccccc1)C(Cl)(Cl)Cl. The number of aryl methyl sites for hydroxylation is 1. The summed E-state index contributed by atoms with van der Waals surface area (Å²) in [6.07, 6.45) is -1.07. The van der Waals surface area contributed by atoms with E-state index >= 15 is 0 Å². The van der Waals surface area contributed by atoms with Crippen LogP contribution in [-0.4, -0.2) is 21.0 Å². The zero-order chi connectivity index (χ0) is 23.1. The number of amides is 1. The third-order valence-electron chi connectivity index (χ3n) is 4.81. The molecule has 0 bridgehead atoms. The van der Waals surface area contributed by atoms with E-state index in [0.29, 0.717) is 0 Å². The molecule has 0 aliphatic carbocycles. The standard InChI is InChI=1S/C24H22Cl3N3OS/c1-16-10-8-9-15-19(16)28-23(32)30-22(24(25,26)27)29-21(31)20(17-11-4-2-5-12-17)18-13-6-3-7-14-18/h2-15,20,22H,1H3,(H,29,31)(H2,28,30,32)/t22-/m0/s1. The van der Waals surface area contributed by atoms with Gasteiger partial charge < -0.3 is 16.0 Å². The van der Waals surface area contributed by atoms with E-state index in [2.05, 4.69) is 16.0 Å². The maximum absolute atomic E-state index is 13.4. The first-order valence-electron chi connectivity index (χ1n) is 9.86. The first-order chi connectivity index (χ1) is 15.3. The van der Waals surface area contributed by atoms with E-state index in [1.807, 2.05) is 91.9 Å². The summed E-state index contributed by atoms with van der Waals surface area (Å²) in [6.45, 7) is 1.95. The number of hydrogen-bond donors (Lipinski definition) is 3. The number of alkyl halides is 3. The fourth-order valence-corrected chi connectivity index (χ4v) is 3.77. The van der Waals surface area contributed by atoms with Gasteiger partial charge in [-0.25, -0.2) is 0 Å². The summed E-state index contributed by atoms with van der Waals surface area (Å²) in [5, 5.41) is 9.01. The number of nitrogens with one attached hydrogen (secondary N) is 3. The molecule has 3 N–H and O–H groups in total. The Bertz CT molecular complexity index is 1020. The van der Waals surface area contributed by atoms with Gasteiger partial charge in [0.1, 0.15) is 6.17 Å². The van der Waals surface area contributed by atoms with Gasteiger partial charge in [-0.15, -0.1) is 0 Å². The van der Waals surface area contributed by atoms with Crippen molar-refractivity contribution in [3.05, 3.63) is 102 Å². The Morgan fingerprint density at radius 1 is 0.812 bits per heavy atom. The molecule has 0 aromatic heterocycles. The van der Waals surface area contributed by atoms with Gasteiger partial charge in [-0.3, -0.25) is 4.79 Å². The van der Waals surface area contributed by atoms with Crippen molar-refractivity contribution in [2.45, 2.75) is 22.8 Å². The molecule has 0 heterocycles. The molecule has 8 heteroatoms. The van der Waals surface area contributed by atoms with Crippen LogP contribution in [0.4, 0.5) is 5.69 Å². The molecule has 3 aromatic rings. The highest BCUT2D eigenvalue weighted by Gasteiger charge is 2.36. The van der Waals surface area contributed by atoms with Crippen LogP contribution >= 0.6 is 47.0 Å². The lowest BCUT2D eigenvalue weighted by atomic mass is 9.90. The third kappa shape index (κ3) is 6.59. The zero-order valence-electron chi connectivity index (χ0n) is 17.2. The van der Waals surface area contributed by atoms with Crippen molar-refractivity contribution < 1.29 is 4.79 Å². The molecule has 3 aromatic carbocycles. The van der Waals surface area contributed by atoms with Gasteiger partial charge in [-0.05, 0) is 41.9 Å². The van der Waals surface area contributed by atoms with E-state index in [9.17, 15) is 4.79 Å². The van der Waals surface area contributed by atoms with Gasteiger partial charge in [0.2, 0.25) is 9.70 Å². The second-order valence-electron chi connectivity index (χ2n) is 7.15. The van der Waals surface area contributed by atoms with Gasteiger partial charge in [0.05, 0.1) is 5.92 Å². The minimum atomic E-state index is -1.86. The van der Waals surface area contributed by atoms with Crippen LogP contribution in [0.1, 0.15) is 22.6 Å². The lowest BCUT2D eigenvalue weighted by molar-refractivity contribution is -0.122. The van der Waals surface area contributed by atoms with Crippen LogP contribution in [-0.2, 0) is 4.79 Å². The number of anilines is 1. The summed E-state index contributed by atoms with van der Waals surface area (Å²) in [5.41, 5.74) is 3.45. The monoisotopic (exact) mass is 505 g/mol. The highest BCUT2D eigenvalue weighted by molar-refractivity contribution is 7.80. The summed E-state index contributed by atoms with van der Waals surface area (Å²) in [7, 11) is 0. The molecule has 0 unspecified atom stereocenters. The largest absolute Gasteiger partial charge is 0.339 e. The van der Waals surface area contributed by atoms with Crippen LogP contribution in [0, 0.1) is 6.92 Å². The molecule has 166 valence electrons. The van der Waals surface area contributed by atoms with Crippen molar-refractivity contribution in [3.8, 4) is 0 Å². The predicted molar refractivity (Wildman–Crippen MR) is 137 cm³/mol. The van der Waals surface area contributed by atoms with E-state index in [0.717, 1.165) is 22.4 Å². The molecule has 32 heavy (non-hydrogen) atoms. The average Bonchev–Trinajstić information content (AvgIpc) is 2.76. The van der Waals surface area contributed by atoms with Gasteiger partial charge in [0.15, 0.2) is 5.11 Å². The molecule has 0 spiro atoms. The molecule has 0 radical (unpaired) electrons. The second kappa shape index (κ2) is 11.0. The van der Waals surface area contributed by atoms with Crippen molar-refractivity contribution in [1.82, 2.24) is 10.6 Å². The zero-order valence-corrected chi connectivity index (χ0v) is 20.3. The molecule has 0 saturated heterocycles. The van der Waals surface area contributed by atoms with E-state index in [1.165, 1.54) is 0 Å².